The van der Waals surface area contributed by atoms with Crippen LogP contribution in [0.15, 0.2) is 30.6 Å². The second-order valence-corrected chi connectivity index (χ2v) is 6.68. The van der Waals surface area contributed by atoms with Crippen LogP contribution in [0.1, 0.15) is 37.8 Å². The van der Waals surface area contributed by atoms with Crippen molar-refractivity contribution >= 4 is 11.7 Å². The van der Waals surface area contributed by atoms with Crippen LogP contribution in [0, 0.1) is 6.92 Å². The van der Waals surface area contributed by atoms with Crippen LogP contribution in [0.3, 0.4) is 0 Å². The van der Waals surface area contributed by atoms with Crippen molar-refractivity contribution < 1.29 is 4.79 Å². The minimum atomic E-state index is 0.0526. The van der Waals surface area contributed by atoms with Gasteiger partial charge in [0.15, 0.2) is 0 Å². The first kappa shape index (κ1) is 17.4. The van der Waals surface area contributed by atoms with Crippen molar-refractivity contribution in [3.8, 4) is 11.3 Å². The molecule has 1 aliphatic rings. The Morgan fingerprint density at radius 2 is 2.08 bits per heavy atom. The lowest BCUT2D eigenvalue weighted by Crippen LogP contribution is -2.44. The maximum absolute atomic E-state index is 11.2. The zero-order valence-corrected chi connectivity index (χ0v) is 15.2. The molecule has 1 amide bonds. The van der Waals surface area contributed by atoms with Crippen LogP contribution in [0.2, 0.25) is 0 Å². The molecule has 0 radical (unpaired) electrons. The molecule has 1 N–H and O–H groups in total. The molecular formula is C20H26N4O. The summed E-state index contributed by atoms with van der Waals surface area (Å²) < 4.78 is 0. The molecule has 3 heterocycles. The minimum absolute atomic E-state index is 0.0526. The van der Waals surface area contributed by atoms with Crippen LogP contribution in [0.25, 0.3) is 11.3 Å². The van der Waals surface area contributed by atoms with Gasteiger partial charge in [0.1, 0.15) is 5.82 Å². The van der Waals surface area contributed by atoms with Gasteiger partial charge in [0.05, 0.1) is 5.69 Å². The number of hydrogen-bond donors (Lipinski definition) is 1. The summed E-state index contributed by atoms with van der Waals surface area (Å²) in [5.41, 5.74) is 4.61. The van der Waals surface area contributed by atoms with Gasteiger partial charge in [-0.05, 0) is 49.4 Å². The number of piperidine rings is 1. The van der Waals surface area contributed by atoms with Crippen molar-refractivity contribution in [2.24, 2.45) is 0 Å². The predicted molar refractivity (Wildman–Crippen MR) is 101 cm³/mol. The summed E-state index contributed by atoms with van der Waals surface area (Å²) in [7, 11) is 0. The van der Waals surface area contributed by atoms with Gasteiger partial charge in [0.2, 0.25) is 5.91 Å². The summed E-state index contributed by atoms with van der Waals surface area (Å²) >= 11 is 0. The topological polar surface area (TPSA) is 58.1 Å². The number of hydrogen-bond acceptors (Lipinski definition) is 4. The molecule has 0 atom stereocenters. The van der Waals surface area contributed by atoms with E-state index in [1.54, 1.807) is 6.92 Å². The molecule has 0 unspecified atom stereocenters. The van der Waals surface area contributed by atoms with Crippen molar-refractivity contribution in [3.63, 3.8) is 0 Å². The van der Waals surface area contributed by atoms with Gasteiger partial charge in [-0.25, -0.2) is 4.98 Å². The number of aromatic nitrogens is 2. The van der Waals surface area contributed by atoms with E-state index >= 15 is 0 Å². The summed E-state index contributed by atoms with van der Waals surface area (Å²) in [6, 6.07) is 6.52. The highest BCUT2D eigenvalue weighted by atomic mass is 16.1. The molecule has 0 bridgehead atoms. The Morgan fingerprint density at radius 1 is 1.32 bits per heavy atom. The lowest BCUT2D eigenvalue weighted by atomic mass is 10.00. The fourth-order valence-corrected chi connectivity index (χ4v) is 3.46. The van der Waals surface area contributed by atoms with Gasteiger partial charge in [-0.3, -0.25) is 9.78 Å². The molecule has 5 nitrogen and oxygen atoms in total. The highest BCUT2D eigenvalue weighted by Crippen LogP contribution is 2.29. The Morgan fingerprint density at radius 3 is 2.72 bits per heavy atom. The largest absolute Gasteiger partial charge is 0.356 e. The van der Waals surface area contributed by atoms with Gasteiger partial charge in [-0.15, -0.1) is 0 Å². The summed E-state index contributed by atoms with van der Waals surface area (Å²) in [6.07, 6.45) is 6.67. The minimum Gasteiger partial charge on any atom is -0.356 e. The summed E-state index contributed by atoms with van der Waals surface area (Å²) in [4.78, 5) is 22.8. The van der Waals surface area contributed by atoms with Crippen LogP contribution in [-0.2, 0) is 11.2 Å². The van der Waals surface area contributed by atoms with Crippen LogP contribution < -0.4 is 10.2 Å². The number of anilines is 1. The third kappa shape index (κ3) is 3.98. The first-order valence-corrected chi connectivity index (χ1v) is 9.01. The van der Waals surface area contributed by atoms with Gasteiger partial charge in [-0.2, -0.15) is 0 Å². The molecule has 3 rings (SSSR count). The highest BCUT2D eigenvalue weighted by molar-refractivity contribution is 5.73. The third-order valence-electron chi connectivity index (χ3n) is 4.84. The van der Waals surface area contributed by atoms with Crippen LogP contribution in [-0.4, -0.2) is 35.0 Å². The van der Waals surface area contributed by atoms with E-state index in [1.165, 1.54) is 16.7 Å². The quantitative estimate of drug-likeness (QED) is 0.930. The van der Waals surface area contributed by atoms with E-state index in [4.69, 9.17) is 0 Å². The smallest absolute Gasteiger partial charge is 0.217 e. The van der Waals surface area contributed by atoms with E-state index < -0.39 is 0 Å². The standard InChI is InChI=1S/C20H26N4O/c1-4-16-13-22-19(12-18(16)20-14(2)6-5-9-21-20)24-10-7-17(8-11-24)23-15(3)25/h5-6,9,12-13,17H,4,7-8,10-11H2,1-3H3,(H,23,25). The number of amides is 1. The molecule has 25 heavy (non-hydrogen) atoms. The molecule has 2 aromatic rings. The fraction of sp³-hybridized carbons (Fsp3) is 0.450. The van der Waals surface area contributed by atoms with Crippen LogP contribution in [0.5, 0.6) is 0 Å². The number of carbonyl (C=O) groups excluding carboxylic acids is 1. The number of rotatable bonds is 4. The summed E-state index contributed by atoms with van der Waals surface area (Å²) in [6.45, 7) is 7.64. The third-order valence-corrected chi connectivity index (χ3v) is 4.84. The van der Waals surface area contributed by atoms with Crippen molar-refractivity contribution in [2.45, 2.75) is 46.1 Å². The fourth-order valence-electron chi connectivity index (χ4n) is 3.46. The average Bonchev–Trinajstić information content (AvgIpc) is 2.62. The SMILES string of the molecule is CCc1cnc(N2CCC(NC(C)=O)CC2)cc1-c1ncccc1C. The monoisotopic (exact) mass is 338 g/mol. The van der Waals surface area contributed by atoms with Crippen molar-refractivity contribution in [2.75, 3.05) is 18.0 Å². The zero-order valence-electron chi connectivity index (χ0n) is 15.2. The molecule has 1 aliphatic heterocycles. The second kappa shape index (κ2) is 7.64. The second-order valence-electron chi connectivity index (χ2n) is 6.68. The lowest BCUT2D eigenvalue weighted by molar-refractivity contribution is -0.119. The summed E-state index contributed by atoms with van der Waals surface area (Å²) in [5.74, 6) is 1.05. The molecule has 0 saturated carbocycles. The van der Waals surface area contributed by atoms with Gasteiger partial charge >= 0.3 is 0 Å². The number of nitrogens with one attached hydrogen (secondary N) is 1. The van der Waals surface area contributed by atoms with Crippen LogP contribution >= 0.6 is 0 Å². The molecule has 1 fully saturated rings. The van der Waals surface area contributed by atoms with Gasteiger partial charge in [0, 0.05) is 44.0 Å². The molecule has 0 aromatic carbocycles. The van der Waals surface area contributed by atoms with E-state index in [-0.39, 0.29) is 11.9 Å². The molecule has 2 aromatic heterocycles. The number of aryl methyl sites for hydroxylation is 2. The van der Waals surface area contributed by atoms with E-state index in [0.717, 1.165) is 43.9 Å². The van der Waals surface area contributed by atoms with Gasteiger partial charge in [-0.1, -0.05) is 13.0 Å². The summed E-state index contributed by atoms with van der Waals surface area (Å²) in [5, 5.41) is 3.02. The van der Waals surface area contributed by atoms with E-state index in [9.17, 15) is 4.79 Å². The van der Waals surface area contributed by atoms with E-state index in [2.05, 4.69) is 46.2 Å². The maximum atomic E-state index is 11.2. The molecule has 1 saturated heterocycles. The average molecular weight is 338 g/mol. The van der Waals surface area contributed by atoms with Crippen molar-refractivity contribution in [1.29, 1.82) is 0 Å². The Balaban J connectivity index is 1.83. The zero-order chi connectivity index (χ0) is 17.8. The van der Waals surface area contributed by atoms with Crippen molar-refractivity contribution in [1.82, 2.24) is 15.3 Å². The van der Waals surface area contributed by atoms with Gasteiger partial charge in [0.25, 0.3) is 0 Å². The molecule has 5 heteroatoms. The number of nitrogens with zero attached hydrogens (tertiary/aromatic N) is 3. The number of carbonyl (C=O) groups is 1. The Labute approximate surface area is 149 Å². The Bertz CT molecular complexity index is 751. The Hall–Kier alpha value is -2.43. The first-order chi connectivity index (χ1) is 12.1. The first-order valence-electron chi connectivity index (χ1n) is 9.01. The van der Waals surface area contributed by atoms with Crippen molar-refractivity contribution in [3.05, 3.63) is 41.7 Å². The molecule has 132 valence electrons. The molecular weight excluding hydrogens is 312 g/mol. The molecule has 0 aliphatic carbocycles. The molecule has 0 spiro atoms. The van der Waals surface area contributed by atoms with Crippen LogP contribution in [0.4, 0.5) is 5.82 Å². The van der Waals surface area contributed by atoms with E-state index in [0.29, 0.717) is 0 Å². The Kier molecular flexibility index (Phi) is 5.31. The highest BCUT2D eigenvalue weighted by Gasteiger charge is 2.21. The van der Waals surface area contributed by atoms with Gasteiger partial charge < -0.3 is 10.2 Å². The normalized spacial score (nSPS) is 15.2. The lowest BCUT2D eigenvalue weighted by Gasteiger charge is -2.33. The maximum Gasteiger partial charge on any atom is 0.217 e. The number of pyridine rings is 2. The van der Waals surface area contributed by atoms with E-state index in [1.807, 2.05) is 18.5 Å². The predicted octanol–water partition coefficient (Wildman–Crippen LogP) is 3.12.